The fraction of sp³-hybridized carbons (Fsp3) is 0.353. The molecule has 128 valence electrons. The van der Waals surface area contributed by atoms with Crippen LogP contribution in [0.2, 0.25) is 0 Å². The molecule has 1 saturated heterocycles. The van der Waals surface area contributed by atoms with Gasteiger partial charge in [-0.05, 0) is 37.0 Å². The van der Waals surface area contributed by atoms with Gasteiger partial charge in [0.05, 0.1) is 0 Å². The topological polar surface area (TPSA) is 89.7 Å². The van der Waals surface area contributed by atoms with E-state index in [-0.39, 0.29) is 0 Å². The monoisotopic (exact) mass is 394 g/mol. The fourth-order valence-electron chi connectivity index (χ4n) is 2.56. The smallest absolute Gasteiger partial charge is 0.331 e. The molecule has 6 nitrogen and oxygen atoms in total. The van der Waals surface area contributed by atoms with E-state index in [4.69, 9.17) is 10.5 Å². The molecule has 0 aliphatic carbocycles. The number of primary amides is 1. The zero-order valence-corrected chi connectivity index (χ0v) is 14.7. The maximum absolute atomic E-state index is 12.2. The summed E-state index contributed by atoms with van der Waals surface area (Å²) in [6.07, 6.45) is 5.08. The van der Waals surface area contributed by atoms with Crippen molar-refractivity contribution in [3.63, 3.8) is 0 Å². The lowest BCUT2D eigenvalue weighted by Gasteiger charge is -2.33. The minimum absolute atomic E-state index is 0.400. The highest BCUT2D eigenvalue weighted by atomic mass is 79.9. The van der Waals surface area contributed by atoms with E-state index < -0.39 is 30.4 Å². The second-order valence-electron chi connectivity index (χ2n) is 5.46. The predicted octanol–water partition coefficient (Wildman–Crippen LogP) is 1.87. The summed E-state index contributed by atoms with van der Waals surface area (Å²) in [5, 5.41) is 0. The Kier molecular flexibility index (Phi) is 6.54. The van der Waals surface area contributed by atoms with Crippen LogP contribution in [0.15, 0.2) is 34.8 Å². The van der Waals surface area contributed by atoms with Crippen molar-refractivity contribution >= 4 is 39.8 Å². The Hall–Kier alpha value is -2.15. The highest BCUT2D eigenvalue weighted by Gasteiger charge is 2.30. The van der Waals surface area contributed by atoms with Gasteiger partial charge >= 0.3 is 5.97 Å². The Morgan fingerprint density at radius 1 is 1.29 bits per heavy atom. The van der Waals surface area contributed by atoms with Gasteiger partial charge in [-0.1, -0.05) is 34.1 Å². The molecule has 1 fully saturated rings. The second kappa shape index (κ2) is 8.63. The van der Waals surface area contributed by atoms with Crippen molar-refractivity contribution in [2.45, 2.75) is 25.3 Å². The van der Waals surface area contributed by atoms with E-state index in [0.717, 1.165) is 22.9 Å². The molecule has 0 aromatic heterocycles. The molecule has 2 N–H and O–H groups in total. The molecule has 7 heteroatoms. The van der Waals surface area contributed by atoms with Crippen LogP contribution in [0.5, 0.6) is 0 Å². The molecular formula is C17H19BrN2O4. The number of likely N-dealkylation sites (tertiary alicyclic amines) is 1. The number of carbonyl (C=O) groups is 3. The molecule has 2 rings (SSSR count). The number of halogens is 1. The number of piperidine rings is 1. The first-order valence-electron chi connectivity index (χ1n) is 7.67. The van der Waals surface area contributed by atoms with Crippen LogP contribution >= 0.6 is 15.9 Å². The highest BCUT2D eigenvalue weighted by Crippen LogP contribution is 2.18. The lowest BCUT2D eigenvalue weighted by molar-refractivity contribution is -0.151. The highest BCUT2D eigenvalue weighted by molar-refractivity contribution is 9.10. The third-order valence-electron chi connectivity index (χ3n) is 3.79. The van der Waals surface area contributed by atoms with E-state index in [0.29, 0.717) is 13.0 Å². The van der Waals surface area contributed by atoms with E-state index in [9.17, 15) is 14.4 Å². The normalized spacial score (nSPS) is 17.7. The zero-order chi connectivity index (χ0) is 17.5. The lowest BCUT2D eigenvalue weighted by atomic mass is 10.0. The van der Waals surface area contributed by atoms with Crippen LogP contribution in [-0.2, 0) is 19.1 Å². The zero-order valence-electron chi connectivity index (χ0n) is 13.1. The Morgan fingerprint density at radius 2 is 2.04 bits per heavy atom. The molecule has 24 heavy (non-hydrogen) atoms. The van der Waals surface area contributed by atoms with Crippen LogP contribution in [0.4, 0.5) is 0 Å². The van der Waals surface area contributed by atoms with Gasteiger partial charge in [-0.2, -0.15) is 0 Å². The van der Waals surface area contributed by atoms with Crippen molar-refractivity contribution in [2.75, 3.05) is 13.2 Å². The largest absolute Gasteiger partial charge is 0.452 e. The first-order chi connectivity index (χ1) is 11.5. The van der Waals surface area contributed by atoms with Crippen molar-refractivity contribution in [3.05, 3.63) is 40.4 Å². The molecule has 0 radical (unpaired) electrons. The Morgan fingerprint density at radius 3 is 2.75 bits per heavy atom. The van der Waals surface area contributed by atoms with E-state index in [1.165, 1.54) is 11.0 Å². The SMILES string of the molecule is NC(=O)[C@@H]1CCCCN1C(=O)COC(=O)/C=C/c1ccccc1Br. The van der Waals surface area contributed by atoms with Crippen molar-refractivity contribution in [1.29, 1.82) is 0 Å². The molecule has 1 heterocycles. The van der Waals surface area contributed by atoms with Crippen molar-refractivity contribution < 1.29 is 19.1 Å². The van der Waals surface area contributed by atoms with Crippen LogP contribution < -0.4 is 5.73 Å². The molecule has 1 aromatic rings. The molecule has 0 bridgehead atoms. The number of rotatable bonds is 5. The van der Waals surface area contributed by atoms with Crippen molar-refractivity contribution in [3.8, 4) is 0 Å². The van der Waals surface area contributed by atoms with E-state index >= 15 is 0 Å². The van der Waals surface area contributed by atoms with Crippen LogP contribution in [-0.4, -0.2) is 41.9 Å². The van der Waals surface area contributed by atoms with Gasteiger partial charge in [-0.3, -0.25) is 9.59 Å². The van der Waals surface area contributed by atoms with Crippen LogP contribution in [0.3, 0.4) is 0 Å². The number of nitrogens with zero attached hydrogens (tertiary/aromatic N) is 1. The third kappa shape index (κ3) is 4.92. The summed E-state index contributed by atoms with van der Waals surface area (Å²) in [5.74, 6) is -1.55. The average molecular weight is 395 g/mol. The quantitative estimate of drug-likeness (QED) is 0.609. The minimum Gasteiger partial charge on any atom is -0.452 e. The summed E-state index contributed by atoms with van der Waals surface area (Å²) in [6.45, 7) is 0.0553. The van der Waals surface area contributed by atoms with Gasteiger partial charge in [0.15, 0.2) is 6.61 Å². The predicted molar refractivity (Wildman–Crippen MR) is 92.7 cm³/mol. The van der Waals surface area contributed by atoms with E-state index in [1.54, 1.807) is 6.08 Å². The number of amides is 2. The van der Waals surface area contributed by atoms with Crippen LogP contribution in [0.1, 0.15) is 24.8 Å². The molecule has 1 atom stereocenters. The summed E-state index contributed by atoms with van der Waals surface area (Å²) in [6, 6.07) is 6.80. The molecule has 0 unspecified atom stereocenters. The third-order valence-corrected chi connectivity index (χ3v) is 4.52. The maximum Gasteiger partial charge on any atom is 0.331 e. The number of hydrogen-bond donors (Lipinski definition) is 1. The molecule has 0 saturated carbocycles. The summed E-state index contributed by atoms with van der Waals surface area (Å²) in [5.41, 5.74) is 6.15. The molecule has 2 amide bonds. The minimum atomic E-state index is -0.619. The summed E-state index contributed by atoms with van der Waals surface area (Å²) in [7, 11) is 0. The fourth-order valence-corrected chi connectivity index (χ4v) is 2.97. The average Bonchev–Trinajstić information content (AvgIpc) is 2.59. The van der Waals surface area contributed by atoms with Crippen LogP contribution in [0.25, 0.3) is 6.08 Å². The van der Waals surface area contributed by atoms with Gasteiger partial charge in [0.1, 0.15) is 6.04 Å². The van der Waals surface area contributed by atoms with Gasteiger partial charge in [0.25, 0.3) is 5.91 Å². The summed E-state index contributed by atoms with van der Waals surface area (Å²) >= 11 is 3.37. The lowest BCUT2D eigenvalue weighted by Crippen LogP contribution is -2.51. The molecule has 1 aliphatic heterocycles. The first kappa shape index (κ1) is 18.2. The number of esters is 1. The number of carbonyl (C=O) groups excluding carboxylic acids is 3. The van der Waals surface area contributed by atoms with Gasteiger partial charge < -0.3 is 15.4 Å². The van der Waals surface area contributed by atoms with E-state index in [1.807, 2.05) is 24.3 Å². The maximum atomic E-state index is 12.2. The van der Waals surface area contributed by atoms with E-state index in [2.05, 4.69) is 15.9 Å². The summed E-state index contributed by atoms with van der Waals surface area (Å²) < 4.78 is 5.81. The van der Waals surface area contributed by atoms with Crippen molar-refractivity contribution in [1.82, 2.24) is 4.90 Å². The number of hydrogen-bond acceptors (Lipinski definition) is 4. The molecule has 1 aromatic carbocycles. The first-order valence-corrected chi connectivity index (χ1v) is 8.46. The summed E-state index contributed by atoms with van der Waals surface area (Å²) in [4.78, 5) is 36.7. The number of benzene rings is 1. The number of ether oxygens (including phenoxy) is 1. The molecule has 0 spiro atoms. The van der Waals surface area contributed by atoms with Gasteiger partial charge in [-0.15, -0.1) is 0 Å². The van der Waals surface area contributed by atoms with Gasteiger partial charge in [0, 0.05) is 17.1 Å². The Bertz CT molecular complexity index is 660. The van der Waals surface area contributed by atoms with Crippen molar-refractivity contribution in [2.24, 2.45) is 5.73 Å². The van der Waals surface area contributed by atoms with Gasteiger partial charge in [-0.25, -0.2) is 4.79 Å². The molecular weight excluding hydrogens is 376 g/mol. The standard InChI is InChI=1S/C17H19BrN2O4/c18-13-6-2-1-5-12(13)8-9-16(22)24-11-15(21)20-10-4-3-7-14(20)17(19)23/h1-2,5-6,8-9,14H,3-4,7,10-11H2,(H2,19,23)/b9-8+/t14-/m0/s1. The second-order valence-corrected chi connectivity index (χ2v) is 6.32. The number of nitrogens with two attached hydrogens (primary N) is 1. The Balaban J connectivity index is 1.88. The molecule has 1 aliphatic rings. The van der Waals surface area contributed by atoms with Gasteiger partial charge in [0.2, 0.25) is 5.91 Å². The van der Waals surface area contributed by atoms with Crippen LogP contribution in [0, 0.1) is 0 Å². The Labute approximate surface area is 148 Å².